The fourth-order valence-electron chi connectivity index (χ4n) is 2.27. The van der Waals surface area contributed by atoms with Crippen molar-refractivity contribution in [2.45, 2.75) is 13.5 Å². The molecule has 0 bridgehead atoms. The summed E-state index contributed by atoms with van der Waals surface area (Å²) in [5, 5.41) is 8.98. The highest BCUT2D eigenvalue weighted by molar-refractivity contribution is 5.80. The Morgan fingerprint density at radius 3 is 2.95 bits per heavy atom. The molecule has 21 heavy (non-hydrogen) atoms. The largest absolute Gasteiger partial charge is 0.385 e. The van der Waals surface area contributed by atoms with Crippen molar-refractivity contribution in [2.24, 2.45) is 0 Å². The van der Waals surface area contributed by atoms with Gasteiger partial charge in [-0.2, -0.15) is 5.10 Å². The van der Waals surface area contributed by atoms with Gasteiger partial charge in [-0.25, -0.2) is 4.68 Å². The van der Waals surface area contributed by atoms with Crippen LogP contribution in [-0.4, -0.2) is 21.3 Å². The normalized spacial score (nSPS) is 10.7. The lowest BCUT2D eigenvalue weighted by molar-refractivity contribution is 0.636. The molecule has 5 nitrogen and oxygen atoms in total. The molecule has 0 atom stereocenters. The van der Waals surface area contributed by atoms with Crippen molar-refractivity contribution in [3.63, 3.8) is 0 Å². The highest BCUT2D eigenvalue weighted by Crippen LogP contribution is 2.10. The first-order valence-electron chi connectivity index (χ1n) is 6.91. The molecule has 2 heterocycles. The first-order chi connectivity index (χ1) is 10.3. The van der Waals surface area contributed by atoms with Crippen LogP contribution in [0.5, 0.6) is 0 Å². The van der Waals surface area contributed by atoms with Crippen LogP contribution in [0.15, 0.2) is 53.6 Å². The molecule has 0 saturated heterocycles. The van der Waals surface area contributed by atoms with Crippen molar-refractivity contribution < 1.29 is 0 Å². The van der Waals surface area contributed by atoms with Gasteiger partial charge in [-0.15, -0.1) is 0 Å². The third kappa shape index (κ3) is 2.76. The van der Waals surface area contributed by atoms with Crippen molar-refractivity contribution in [3.05, 3.63) is 64.8 Å². The van der Waals surface area contributed by atoms with E-state index in [-0.39, 0.29) is 5.56 Å². The molecule has 2 aromatic heterocycles. The molecular formula is C16H16N4O. The lowest BCUT2D eigenvalue weighted by Gasteiger charge is -2.07. The number of nitrogens with one attached hydrogen (secondary N) is 1. The summed E-state index contributed by atoms with van der Waals surface area (Å²) < 4.78 is 1.44. The molecular weight excluding hydrogens is 264 g/mol. The van der Waals surface area contributed by atoms with Crippen LogP contribution in [0.3, 0.4) is 0 Å². The van der Waals surface area contributed by atoms with Crippen LogP contribution < -0.4 is 10.9 Å². The molecule has 0 aliphatic rings. The molecule has 1 aromatic carbocycles. The van der Waals surface area contributed by atoms with Crippen LogP contribution in [0.4, 0.5) is 5.69 Å². The average molecular weight is 280 g/mol. The van der Waals surface area contributed by atoms with Crippen LogP contribution in [0.25, 0.3) is 10.8 Å². The van der Waals surface area contributed by atoms with E-state index in [4.69, 9.17) is 0 Å². The smallest absolute Gasteiger partial charge is 0.274 e. The Bertz CT molecular complexity index is 826. The number of anilines is 1. The molecule has 0 aliphatic heterocycles. The van der Waals surface area contributed by atoms with Crippen LogP contribution in [-0.2, 0) is 6.54 Å². The number of pyridine rings is 1. The summed E-state index contributed by atoms with van der Waals surface area (Å²) in [6, 6.07) is 11.3. The van der Waals surface area contributed by atoms with Gasteiger partial charge in [0.25, 0.3) is 5.56 Å². The van der Waals surface area contributed by atoms with Gasteiger partial charge in [0.2, 0.25) is 0 Å². The van der Waals surface area contributed by atoms with Gasteiger partial charge >= 0.3 is 0 Å². The molecule has 106 valence electrons. The Kier molecular flexibility index (Phi) is 3.64. The summed E-state index contributed by atoms with van der Waals surface area (Å²) in [6.45, 7) is 3.25. The SMILES string of the molecule is CCNc1ccnc(Cn2ncc3ccccc3c2=O)c1. The summed E-state index contributed by atoms with van der Waals surface area (Å²) in [5.74, 6) is 0. The van der Waals surface area contributed by atoms with Gasteiger partial charge in [0.15, 0.2) is 0 Å². The van der Waals surface area contributed by atoms with Crippen LogP contribution >= 0.6 is 0 Å². The first-order valence-corrected chi connectivity index (χ1v) is 6.91. The van der Waals surface area contributed by atoms with Crippen molar-refractivity contribution in [2.75, 3.05) is 11.9 Å². The number of rotatable bonds is 4. The zero-order valence-electron chi connectivity index (χ0n) is 11.8. The number of nitrogens with zero attached hydrogens (tertiary/aromatic N) is 3. The van der Waals surface area contributed by atoms with E-state index in [0.717, 1.165) is 23.3 Å². The zero-order chi connectivity index (χ0) is 14.7. The van der Waals surface area contributed by atoms with E-state index in [1.54, 1.807) is 12.4 Å². The minimum atomic E-state index is -0.0937. The van der Waals surface area contributed by atoms with Crippen molar-refractivity contribution >= 4 is 16.5 Å². The molecule has 0 aliphatic carbocycles. The number of fused-ring (bicyclic) bond motifs is 1. The third-order valence-electron chi connectivity index (χ3n) is 3.27. The minimum absolute atomic E-state index is 0.0937. The highest BCUT2D eigenvalue weighted by atomic mass is 16.1. The van der Waals surface area contributed by atoms with E-state index < -0.39 is 0 Å². The van der Waals surface area contributed by atoms with Crippen LogP contribution in [0, 0.1) is 0 Å². The predicted octanol–water partition coefficient (Wildman–Crippen LogP) is 2.27. The van der Waals surface area contributed by atoms with Gasteiger partial charge < -0.3 is 5.32 Å². The van der Waals surface area contributed by atoms with Crippen LogP contribution in [0.1, 0.15) is 12.6 Å². The fraction of sp³-hybridized carbons (Fsp3) is 0.188. The Hall–Kier alpha value is -2.69. The van der Waals surface area contributed by atoms with E-state index in [0.29, 0.717) is 11.9 Å². The van der Waals surface area contributed by atoms with Gasteiger partial charge in [-0.1, -0.05) is 18.2 Å². The Labute approximate surface area is 122 Å². The fourth-order valence-corrected chi connectivity index (χ4v) is 2.27. The molecule has 0 amide bonds. The third-order valence-corrected chi connectivity index (χ3v) is 3.27. The molecule has 0 radical (unpaired) electrons. The maximum atomic E-state index is 12.4. The molecule has 0 saturated carbocycles. The standard InChI is InChI=1S/C16H16N4O/c1-2-17-13-7-8-18-14(9-13)11-20-16(21)15-6-4-3-5-12(15)10-19-20/h3-10H,2,11H2,1H3,(H,17,18). The molecule has 0 spiro atoms. The van der Waals surface area contributed by atoms with E-state index in [1.807, 2.05) is 43.3 Å². The van der Waals surface area contributed by atoms with Crippen LogP contribution in [0.2, 0.25) is 0 Å². The lowest BCUT2D eigenvalue weighted by atomic mass is 10.2. The van der Waals surface area contributed by atoms with E-state index in [1.165, 1.54) is 4.68 Å². The van der Waals surface area contributed by atoms with Gasteiger partial charge in [0.1, 0.15) is 0 Å². The molecule has 3 aromatic rings. The number of benzene rings is 1. The topological polar surface area (TPSA) is 59.8 Å². The summed E-state index contributed by atoms with van der Waals surface area (Å²) in [7, 11) is 0. The second-order valence-corrected chi connectivity index (χ2v) is 4.76. The molecule has 1 N–H and O–H groups in total. The van der Waals surface area contributed by atoms with Crippen molar-refractivity contribution in [1.82, 2.24) is 14.8 Å². The van der Waals surface area contributed by atoms with Gasteiger partial charge in [0, 0.05) is 23.8 Å². The quantitative estimate of drug-likeness (QED) is 0.796. The Morgan fingerprint density at radius 1 is 1.24 bits per heavy atom. The second kappa shape index (κ2) is 5.75. The lowest BCUT2D eigenvalue weighted by Crippen LogP contribution is -2.23. The minimum Gasteiger partial charge on any atom is -0.385 e. The number of hydrogen-bond donors (Lipinski definition) is 1. The summed E-state index contributed by atoms with van der Waals surface area (Å²) in [5.41, 5.74) is 1.71. The van der Waals surface area contributed by atoms with Gasteiger partial charge in [-0.3, -0.25) is 9.78 Å². The number of aromatic nitrogens is 3. The average Bonchev–Trinajstić information content (AvgIpc) is 2.51. The maximum absolute atomic E-state index is 12.4. The predicted molar refractivity (Wildman–Crippen MR) is 83.5 cm³/mol. The maximum Gasteiger partial charge on any atom is 0.274 e. The zero-order valence-corrected chi connectivity index (χ0v) is 11.8. The summed E-state index contributed by atoms with van der Waals surface area (Å²) in [6.07, 6.45) is 3.45. The molecule has 5 heteroatoms. The number of hydrogen-bond acceptors (Lipinski definition) is 4. The monoisotopic (exact) mass is 280 g/mol. The summed E-state index contributed by atoms with van der Waals surface area (Å²) in [4.78, 5) is 16.7. The second-order valence-electron chi connectivity index (χ2n) is 4.76. The summed E-state index contributed by atoms with van der Waals surface area (Å²) >= 11 is 0. The first kappa shape index (κ1) is 13.3. The van der Waals surface area contributed by atoms with Gasteiger partial charge in [-0.05, 0) is 25.1 Å². The van der Waals surface area contributed by atoms with Crippen molar-refractivity contribution in [3.8, 4) is 0 Å². The Morgan fingerprint density at radius 2 is 2.10 bits per heavy atom. The molecule has 3 rings (SSSR count). The highest BCUT2D eigenvalue weighted by Gasteiger charge is 2.05. The van der Waals surface area contributed by atoms with Gasteiger partial charge in [0.05, 0.1) is 23.8 Å². The van der Waals surface area contributed by atoms with E-state index in [9.17, 15) is 4.79 Å². The van der Waals surface area contributed by atoms with E-state index >= 15 is 0 Å². The van der Waals surface area contributed by atoms with Crippen molar-refractivity contribution in [1.29, 1.82) is 0 Å². The molecule has 0 fully saturated rings. The van der Waals surface area contributed by atoms with E-state index in [2.05, 4.69) is 15.4 Å². The molecule has 0 unspecified atom stereocenters. The Balaban J connectivity index is 1.96.